The molecule has 0 unspecified atom stereocenters. The van der Waals surface area contributed by atoms with Crippen LogP contribution in [0.25, 0.3) is 0 Å². The molecular weight excluding hydrogens is 424 g/mol. The van der Waals surface area contributed by atoms with E-state index in [0.717, 1.165) is 31.5 Å². The lowest BCUT2D eigenvalue weighted by molar-refractivity contribution is -0.119. The van der Waals surface area contributed by atoms with Gasteiger partial charge in [0.05, 0.1) is 13.2 Å². The molecule has 1 fully saturated rings. The van der Waals surface area contributed by atoms with Gasteiger partial charge in [-0.15, -0.1) is 0 Å². The van der Waals surface area contributed by atoms with E-state index in [0.29, 0.717) is 30.1 Å². The highest BCUT2D eigenvalue weighted by molar-refractivity contribution is 5.94. The lowest BCUT2D eigenvalue weighted by Gasteiger charge is -2.15. The minimum Gasteiger partial charge on any atom is -0.447 e. The van der Waals surface area contributed by atoms with Gasteiger partial charge < -0.3 is 25.0 Å². The molecule has 2 aromatic carbocycles. The lowest BCUT2D eigenvalue weighted by atomic mass is 10.1. The van der Waals surface area contributed by atoms with Crippen LogP contribution in [-0.2, 0) is 20.8 Å². The zero-order valence-electron chi connectivity index (χ0n) is 18.8. The molecule has 1 aliphatic heterocycles. The molecule has 3 N–H and O–H groups in total. The minimum absolute atomic E-state index is 0.0623. The van der Waals surface area contributed by atoms with Crippen LogP contribution in [0.15, 0.2) is 48.5 Å². The second-order valence-electron chi connectivity index (χ2n) is 7.66. The first-order valence-corrected chi connectivity index (χ1v) is 11.0. The highest BCUT2D eigenvalue weighted by atomic mass is 16.6. The summed E-state index contributed by atoms with van der Waals surface area (Å²) >= 11 is 0. The fourth-order valence-corrected chi connectivity index (χ4v) is 3.39. The summed E-state index contributed by atoms with van der Waals surface area (Å²) in [5.74, 6) is -0.114. The van der Waals surface area contributed by atoms with Gasteiger partial charge in [-0.05, 0) is 48.7 Å². The smallest absolute Gasteiger partial charge is 0.411 e. The summed E-state index contributed by atoms with van der Waals surface area (Å²) in [4.78, 5) is 38.2. The van der Waals surface area contributed by atoms with Crippen LogP contribution in [0.4, 0.5) is 16.2 Å². The number of nitrogens with one attached hydrogen (secondary N) is 3. The van der Waals surface area contributed by atoms with E-state index in [1.807, 2.05) is 17.0 Å². The van der Waals surface area contributed by atoms with Crippen molar-refractivity contribution in [2.24, 2.45) is 0 Å². The van der Waals surface area contributed by atoms with Crippen molar-refractivity contribution in [3.63, 3.8) is 0 Å². The first-order valence-electron chi connectivity index (χ1n) is 11.0. The third-order valence-electron chi connectivity index (χ3n) is 5.17. The van der Waals surface area contributed by atoms with E-state index in [9.17, 15) is 14.4 Å². The van der Waals surface area contributed by atoms with Crippen LogP contribution in [0.1, 0.15) is 28.8 Å². The molecule has 1 aliphatic rings. The number of methoxy groups -OCH3 is 1. The molecule has 0 radical (unpaired) electrons. The maximum absolute atomic E-state index is 12.4. The Bertz CT molecular complexity index is 942. The second-order valence-corrected chi connectivity index (χ2v) is 7.66. The Balaban J connectivity index is 1.40. The number of nitrogens with zero attached hydrogens (tertiary/aromatic N) is 1. The average Bonchev–Trinajstić information content (AvgIpc) is 3.37. The Hall–Kier alpha value is -3.59. The summed E-state index contributed by atoms with van der Waals surface area (Å²) < 4.78 is 9.79. The molecule has 3 rings (SSSR count). The fraction of sp³-hybridized carbons (Fsp3) is 0.375. The molecular formula is C24H30N4O5. The molecule has 0 spiro atoms. The van der Waals surface area contributed by atoms with Gasteiger partial charge in [-0.25, -0.2) is 4.79 Å². The molecule has 0 aromatic heterocycles. The fourth-order valence-electron chi connectivity index (χ4n) is 3.39. The van der Waals surface area contributed by atoms with E-state index in [2.05, 4.69) is 16.0 Å². The number of hydrogen-bond donors (Lipinski definition) is 3. The van der Waals surface area contributed by atoms with Gasteiger partial charge in [0.1, 0.15) is 6.61 Å². The van der Waals surface area contributed by atoms with E-state index in [4.69, 9.17) is 9.47 Å². The van der Waals surface area contributed by atoms with Crippen LogP contribution >= 0.6 is 0 Å². The van der Waals surface area contributed by atoms with E-state index >= 15 is 0 Å². The molecule has 0 aliphatic carbocycles. The number of carbonyl (C=O) groups is 3. The van der Waals surface area contributed by atoms with Crippen LogP contribution in [0.3, 0.4) is 0 Å². The number of ether oxygens (including phenoxy) is 2. The number of likely N-dealkylation sites (tertiary alicyclic amines) is 1. The van der Waals surface area contributed by atoms with Gasteiger partial charge in [0.2, 0.25) is 5.91 Å². The maximum Gasteiger partial charge on any atom is 0.411 e. The number of benzene rings is 2. The second kappa shape index (κ2) is 12.4. The lowest BCUT2D eigenvalue weighted by Crippen LogP contribution is -2.29. The SMILES string of the molecule is COCCOC(=O)Nc1cccc(NCC(=O)NCc2ccc(C(=O)N3CCCC3)cc2)c1. The summed E-state index contributed by atoms with van der Waals surface area (Å²) in [6.45, 7) is 2.58. The van der Waals surface area contributed by atoms with E-state index in [-0.39, 0.29) is 25.0 Å². The number of anilines is 2. The summed E-state index contributed by atoms with van der Waals surface area (Å²) in [5.41, 5.74) is 2.82. The predicted octanol–water partition coefficient (Wildman–Crippen LogP) is 2.85. The molecule has 2 aromatic rings. The number of carbonyl (C=O) groups excluding carboxylic acids is 3. The van der Waals surface area contributed by atoms with Crippen LogP contribution in [0.2, 0.25) is 0 Å². The number of amides is 3. The summed E-state index contributed by atoms with van der Waals surface area (Å²) in [5, 5.41) is 8.50. The van der Waals surface area contributed by atoms with Gasteiger partial charge in [0, 0.05) is 43.7 Å². The first kappa shape index (κ1) is 24.1. The molecule has 1 heterocycles. The highest BCUT2D eigenvalue weighted by Gasteiger charge is 2.19. The first-order chi connectivity index (χ1) is 16.0. The van der Waals surface area contributed by atoms with Crippen molar-refractivity contribution in [3.05, 3.63) is 59.7 Å². The maximum atomic E-state index is 12.4. The van der Waals surface area contributed by atoms with Crippen LogP contribution in [0, 0.1) is 0 Å². The van der Waals surface area contributed by atoms with Crippen molar-refractivity contribution in [1.29, 1.82) is 0 Å². The zero-order valence-corrected chi connectivity index (χ0v) is 18.8. The highest BCUT2D eigenvalue weighted by Crippen LogP contribution is 2.15. The third-order valence-corrected chi connectivity index (χ3v) is 5.17. The molecule has 0 bridgehead atoms. The van der Waals surface area contributed by atoms with E-state index in [1.54, 1.807) is 36.4 Å². The molecule has 176 valence electrons. The third kappa shape index (κ3) is 7.80. The molecule has 9 heteroatoms. The van der Waals surface area contributed by atoms with Gasteiger partial charge in [0.25, 0.3) is 5.91 Å². The molecule has 0 atom stereocenters. The molecule has 3 amide bonds. The minimum atomic E-state index is -0.574. The van der Waals surface area contributed by atoms with Crippen LogP contribution in [0.5, 0.6) is 0 Å². The Kier molecular flexibility index (Phi) is 9.08. The van der Waals surface area contributed by atoms with Crippen molar-refractivity contribution in [1.82, 2.24) is 10.2 Å². The van der Waals surface area contributed by atoms with Gasteiger partial charge in [-0.3, -0.25) is 14.9 Å². The largest absolute Gasteiger partial charge is 0.447 e. The van der Waals surface area contributed by atoms with Crippen molar-refractivity contribution in [2.45, 2.75) is 19.4 Å². The number of hydrogen-bond acceptors (Lipinski definition) is 6. The van der Waals surface area contributed by atoms with Gasteiger partial charge in [-0.2, -0.15) is 0 Å². The van der Waals surface area contributed by atoms with Crippen molar-refractivity contribution in [2.75, 3.05) is 50.6 Å². The topological polar surface area (TPSA) is 109 Å². The standard InChI is InChI=1S/C24H30N4O5/c1-32-13-14-33-24(31)27-21-6-4-5-20(15-21)25-17-22(29)26-16-18-7-9-19(10-8-18)23(30)28-11-2-3-12-28/h4-10,15,25H,2-3,11-14,16-17H2,1H3,(H,26,29)(H,27,31). The Labute approximate surface area is 193 Å². The Morgan fingerprint density at radius 2 is 1.70 bits per heavy atom. The summed E-state index contributed by atoms with van der Waals surface area (Å²) in [6.07, 6.45) is 1.55. The molecule has 33 heavy (non-hydrogen) atoms. The Morgan fingerprint density at radius 3 is 2.42 bits per heavy atom. The normalized spacial score (nSPS) is 12.8. The monoisotopic (exact) mass is 454 g/mol. The van der Waals surface area contributed by atoms with Crippen LogP contribution in [-0.4, -0.2) is 62.8 Å². The quantitative estimate of drug-likeness (QED) is 0.477. The van der Waals surface area contributed by atoms with Gasteiger partial charge in [-0.1, -0.05) is 18.2 Å². The number of rotatable bonds is 10. The Morgan fingerprint density at radius 1 is 0.970 bits per heavy atom. The van der Waals surface area contributed by atoms with Crippen molar-refractivity contribution in [3.8, 4) is 0 Å². The zero-order chi connectivity index (χ0) is 23.5. The van der Waals surface area contributed by atoms with Gasteiger partial charge >= 0.3 is 6.09 Å². The van der Waals surface area contributed by atoms with Crippen molar-refractivity contribution < 1.29 is 23.9 Å². The van der Waals surface area contributed by atoms with E-state index < -0.39 is 6.09 Å². The predicted molar refractivity (Wildman–Crippen MR) is 125 cm³/mol. The van der Waals surface area contributed by atoms with Crippen LogP contribution < -0.4 is 16.0 Å². The molecule has 9 nitrogen and oxygen atoms in total. The van der Waals surface area contributed by atoms with E-state index in [1.165, 1.54) is 7.11 Å². The molecule has 0 saturated carbocycles. The van der Waals surface area contributed by atoms with Gasteiger partial charge in [0.15, 0.2) is 0 Å². The average molecular weight is 455 g/mol. The summed E-state index contributed by atoms with van der Waals surface area (Å²) in [6, 6.07) is 14.3. The summed E-state index contributed by atoms with van der Waals surface area (Å²) in [7, 11) is 1.53. The molecule has 1 saturated heterocycles. The van der Waals surface area contributed by atoms with Crippen molar-refractivity contribution >= 4 is 29.3 Å².